The first kappa shape index (κ1) is 11.1. The first-order valence-corrected chi connectivity index (χ1v) is 5.83. The van der Waals surface area contributed by atoms with E-state index in [0.29, 0.717) is 6.04 Å². The van der Waals surface area contributed by atoms with Crippen LogP contribution in [0.2, 0.25) is 0 Å². The van der Waals surface area contributed by atoms with Gasteiger partial charge in [0.25, 0.3) is 5.91 Å². The van der Waals surface area contributed by atoms with Crippen LogP contribution in [0.4, 0.5) is 5.69 Å². The molecule has 0 aliphatic heterocycles. The second kappa shape index (κ2) is 5.07. The molecule has 0 unspecified atom stereocenters. The molecule has 2 rings (SSSR count). The molecule has 0 bridgehead atoms. The van der Waals surface area contributed by atoms with E-state index in [2.05, 4.69) is 10.6 Å². The molecular formula is C12H14N2OS. The molecular weight excluding hydrogens is 220 g/mol. The van der Waals surface area contributed by atoms with Crippen LogP contribution in [0.3, 0.4) is 0 Å². The van der Waals surface area contributed by atoms with E-state index >= 15 is 0 Å². The van der Waals surface area contributed by atoms with Crippen LogP contribution in [0.1, 0.15) is 19.3 Å². The number of carbonyl (C=O) groups excluding carboxylic acids is 1. The maximum absolute atomic E-state index is 11.7. The first-order chi connectivity index (χ1) is 7.75. The Morgan fingerprint density at radius 3 is 2.50 bits per heavy atom. The average Bonchev–Trinajstić information content (AvgIpc) is 2.24. The largest absolute Gasteiger partial charge is 0.369 e. The van der Waals surface area contributed by atoms with Crippen molar-refractivity contribution >= 4 is 28.8 Å². The topological polar surface area (TPSA) is 41.1 Å². The van der Waals surface area contributed by atoms with E-state index in [4.69, 9.17) is 12.2 Å². The standard InChI is InChI=1S/C12H14N2OS/c15-11(12(16)14-10-7-4-8-10)13-9-5-2-1-3-6-9/h1-3,5-6,10H,4,7-8H2,(H,13,15)(H,14,16). The van der Waals surface area contributed by atoms with Crippen LogP contribution in [0.25, 0.3) is 0 Å². The first-order valence-electron chi connectivity index (χ1n) is 5.42. The predicted molar refractivity (Wildman–Crippen MR) is 68.4 cm³/mol. The van der Waals surface area contributed by atoms with Crippen LogP contribution < -0.4 is 10.6 Å². The summed E-state index contributed by atoms with van der Waals surface area (Å²) in [5, 5.41) is 5.81. The van der Waals surface area contributed by atoms with E-state index in [1.807, 2.05) is 30.3 Å². The Kier molecular flexibility index (Phi) is 3.51. The van der Waals surface area contributed by atoms with E-state index in [1.54, 1.807) is 0 Å². The van der Waals surface area contributed by atoms with Crippen molar-refractivity contribution in [2.75, 3.05) is 5.32 Å². The van der Waals surface area contributed by atoms with Gasteiger partial charge in [0.1, 0.15) is 0 Å². The molecule has 4 heteroatoms. The predicted octanol–water partition coefficient (Wildman–Crippen LogP) is 2.09. The highest BCUT2D eigenvalue weighted by Crippen LogP contribution is 2.18. The molecule has 2 N–H and O–H groups in total. The van der Waals surface area contributed by atoms with Gasteiger partial charge in [-0.25, -0.2) is 0 Å². The van der Waals surface area contributed by atoms with Crippen molar-refractivity contribution in [1.82, 2.24) is 5.32 Å². The monoisotopic (exact) mass is 234 g/mol. The van der Waals surface area contributed by atoms with Crippen molar-refractivity contribution in [3.05, 3.63) is 30.3 Å². The van der Waals surface area contributed by atoms with Crippen molar-refractivity contribution in [2.24, 2.45) is 0 Å². The number of thiocarbonyl (C=S) groups is 1. The SMILES string of the molecule is O=C(Nc1ccccc1)C(=S)NC1CCC1. The molecule has 1 aromatic rings. The molecule has 1 amide bonds. The third kappa shape index (κ3) is 2.79. The zero-order valence-corrected chi connectivity index (χ0v) is 9.72. The number of benzene rings is 1. The molecule has 0 heterocycles. The van der Waals surface area contributed by atoms with Gasteiger partial charge in [-0.3, -0.25) is 4.79 Å². The summed E-state index contributed by atoms with van der Waals surface area (Å²) in [4.78, 5) is 12.0. The number of para-hydroxylation sites is 1. The number of anilines is 1. The van der Waals surface area contributed by atoms with Crippen LogP contribution in [0.15, 0.2) is 30.3 Å². The maximum Gasteiger partial charge on any atom is 0.283 e. The number of carbonyl (C=O) groups is 1. The van der Waals surface area contributed by atoms with Gasteiger partial charge in [0.05, 0.1) is 0 Å². The third-order valence-corrected chi connectivity index (χ3v) is 2.98. The molecule has 0 atom stereocenters. The molecule has 0 aromatic heterocycles. The van der Waals surface area contributed by atoms with Gasteiger partial charge in [-0.2, -0.15) is 0 Å². The molecule has 1 fully saturated rings. The van der Waals surface area contributed by atoms with Crippen LogP contribution in [-0.4, -0.2) is 16.9 Å². The summed E-state index contributed by atoms with van der Waals surface area (Å²) in [7, 11) is 0. The highest BCUT2D eigenvalue weighted by Gasteiger charge is 2.20. The minimum Gasteiger partial charge on any atom is -0.369 e. The summed E-state index contributed by atoms with van der Waals surface area (Å²) >= 11 is 5.03. The van der Waals surface area contributed by atoms with E-state index in [0.717, 1.165) is 18.5 Å². The van der Waals surface area contributed by atoms with Crippen LogP contribution in [0, 0.1) is 0 Å². The molecule has 84 valence electrons. The summed E-state index contributed by atoms with van der Waals surface area (Å²) < 4.78 is 0. The number of hydrogen-bond donors (Lipinski definition) is 2. The number of hydrogen-bond acceptors (Lipinski definition) is 2. The lowest BCUT2D eigenvalue weighted by atomic mass is 9.93. The van der Waals surface area contributed by atoms with Crippen molar-refractivity contribution in [1.29, 1.82) is 0 Å². The quantitative estimate of drug-likeness (QED) is 0.770. The van der Waals surface area contributed by atoms with Gasteiger partial charge < -0.3 is 10.6 Å². The van der Waals surface area contributed by atoms with E-state index in [1.165, 1.54) is 6.42 Å². The number of rotatable bonds is 2. The van der Waals surface area contributed by atoms with Crippen LogP contribution in [-0.2, 0) is 4.79 Å². The lowest BCUT2D eigenvalue weighted by Crippen LogP contribution is -2.43. The normalized spacial score (nSPS) is 15.0. The molecule has 0 saturated heterocycles. The van der Waals surface area contributed by atoms with Gasteiger partial charge in [0, 0.05) is 11.7 Å². The summed E-state index contributed by atoms with van der Waals surface area (Å²) in [6, 6.07) is 9.72. The lowest BCUT2D eigenvalue weighted by molar-refractivity contribution is -0.110. The summed E-state index contributed by atoms with van der Waals surface area (Å²) in [5.74, 6) is -0.229. The van der Waals surface area contributed by atoms with Crippen molar-refractivity contribution in [3.63, 3.8) is 0 Å². The Labute approximate surface area is 100 Å². The summed E-state index contributed by atoms with van der Waals surface area (Å²) in [5.41, 5.74) is 0.769. The molecule has 1 saturated carbocycles. The van der Waals surface area contributed by atoms with E-state index in [-0.39, 0.29) is 10.9 Å². The molecule has 16 heavy (non-hydrogen) atoms. The van der Waals surface area contributed by atoms with E-state index in [9.17, 15) is 4.79 Å². The molecule has 0 spiro atoms. The lowest BCUT2D eigenvalue weighted by Gasteiger charge is -2.27. The Bertz CT molecular complexity index is 387. The smallest absolute Gasteiger partial charge is 0.283 e. The minimum atomic E-state index is -0.229. The third-order valence-electron chi connectivity index (χ3n) is 2.68. The van der Waals surface area contributed by atoms with Gasteiger partial charge in [-0.1, -0.05) is 30.4 Å². The molecule has 1 aliphatic rings. The fraction of sp³-hybridized carbons (Fsp3) is 0.333. The number of nitrogens with one attached hydrogen (secondary N) is 2. The van der Waals surface area contributed by atoms with Crippen molar-refractivity contribution < 1.29 is 4.79 Å². The van der Waals surface area contributed by atoms with Gasteiger partial charge in [-0.05, 0) is 31.4 Å². The van der Waals surface area contributed by atoms with Gasteiger partial charge >= 0.3 is 0 Å². The second-order valence-electron chi connectivity index (χ2n) is 3.92. The second-order valence-corrected chi connectivity index (χ2v) is 4.33. The highest BCUT2D eigenvalue weighted by molar-refractivity contribution is 7.82. The molecule has 0 radical (unpaired) electrons. The van der Waals surface area contributed by atoms with Gasteiger partial charge in [0.2, 0.25) is 0 Å². The molecule has 3 nitrogen and oxygen atoms in total. The number of amides is 1. The molecule has 1 aliphatic carbocycles. The maximum atomic E-state index is 11.7. The van der Waals surface area contributed by atoms with E-state index < -0.39 is 0 Å². The fourth-order valence-corrected chi connectivity index (χ4v) is 1.73. The molecule has 1 aromatic carbocycles. The van der Waals surface area contributed by atoms with Gasteiger partial charge in [0.15, 0.2) is 4.99 Å². The van der Waals surface area contributed by atoms with Crippen LogP contribution >= 0.6 is 12.2 Å². The average molecular weight is 234 g/mol. The Morgan fingerprint density at radius 2 is 1.94 bits per heavy atom. The Balaban J connectivity index is 1.85. The minimum absolute atomic E-state index is 0.229. The zero-order valence-electron chi connectivity index (χ0n) is 8.90. The zero-order chi connectivity index (χ0) is 11.4. The fourth-order valence-electron chi connectivity index (χ4n) is 1.51. The van der Waals surface area contributed by atoms with Crippen molar-refractivity contribution in [3.8, 4) is 0 Å². The highest BCUT2D eigenvalue weighted by atomic mass is 32.1. The van der Waals surface area contributed by atoms with Crippen LogP contribution in [0.5, 0.6) is 0 Å². The summed E-state index contributed by atoms with van der Waals surface area (Å²) in [6.45, 7) is 0. The Morgan fingerprint density at radius 1 is 1.25 bits per heavy atom. The van der Waals surface area contributed by atoms with Crippen molar-refractivity contribution in [2.45, 2.75) is 25.3 Å². The Hall–Kier alpha value is -1.42. The summed E-state index contributed by atoms with van der Waals surface area (Å²) in [6.07, 6.45) is 3.44. The van der Waals surface area contributed by atoms with Gasteiger partial charge in [-0.15, -0.1) is 0 Å².